The standard InChI is InChI=1S/C30H28NOP/c1-2-11-27(23-30(32)26-19-18-24-12-9-10-13-25(24)22-26)31-20-21-33(28-14-5-3-6-15-28)29-16-7-4-8-17-29/h2-19,22H,20-21,23H2,1H3/b11-2+,31-27?. The summed E-state index contributed by atoms with van der Waals surface area (Å²) in [5, 5.41) is 4.94. The quantitative estimate of drug-likeness (QED) is 0.162. The first kappa shape index (κ1) is 22.8. The summed E-state index contributed by atoms with van der Waals surface area (Å²) in [7, 11) is -0.491. The van der Waals surface area contributed by atoms with Crippen LogP contribution in [0.15, 0.2) is 120 Å². The van der Waals surface area contributed by atoms with Crippen molar-refractivity contribution in [3.63, 3.8) is 0 Å². The first-order valence-electron chi connectivity index (χ1n) is 11.3. The fourth-order valence-corrected chi connectivity index (χ4v) is 6.08. The summed E-state index contributed by atoms with van der Waals surface area (Å²) in [6.07, 6.45) is 5.20. The van der Waals surface area contributed by atoms with Gasteiger partial charge in [0.25, 0.3) is 0 Å². The second kappa shape index (κ2) is 11.5. The van der Waals surface area contributed by atoms with Crippen LogP contribution in [0.25, 0.3) is 10.8 Å². The number of ketones is 1. The van der Waals surface area contributed by atoms with Crippen molar-refractivity contribution in [1.82, 2.24) is 0 Å². The van der Waals surface area contributed by atoms with Gasteiger partial charge in [-0.1, -0.05) is 103 Å². The fourth-order valence-electron chi connectivity index (χ4n) is 3.91. The largest absolute Gasteiger partial charge is 0.294 e. The van der Waals surface area contributed by atoms with Gasteiger partial charge in [0.1, 0.15) is 0 Å². The van der Waals surface area contributed by atoms with Crippen LogP contribution in [0, 0.1) is 0 Å². The molecule has 0 aliphatic carbocycles. The summed E-state index contributed by atoms with van der Waals surface area (Å²) in [5.41, 5.74) is 1.58. The van der Waals surface area contributed by atoms with Crippen molar-refractivity contribution in [3.8, 4) is 0 Å². The zero-order valence-corrected chi connectivity index (χ0v) is 19.8. The summed E-state index contributed by atoms with van der Waals surface area (Å²) in [5.74, 6) is 0.103. The zero-order valence-electron chi connectivity index (χ0n) is 18.9. The van der Waals surface area contributed by atoms with Gasteiger partial charge in [-0.2, -0.15) is 0 Å². The molecule has 0 amide bonds. The third-order valence-corrected chi connectivity index (χ3v) is 8.04. The SMILES string of the molecule is C/C=C/C(CC(=O)c1ccc2ccccc2c1)=NCCP(c1ccccc1)c1ccccc1. The van der Waals surface area contributed by atoms with Crippen molar-refractivity contribution < 1.29 is 4.79 Å². The number of nitrogens with zero attached hydrogens (tertiary/aromatic N) is 1. The Labute approximate surface area is 197 Å². The van der Waals surface area contributed by atoms with Gasteiger partial charge in [-0.25, -0.2) is 0 Å². The Hall–Kier alpha value is -3.35. The Morgan fingerprint density at radius 1 is 0.788 bits per heavy atom. The van der Waals surface area contributed by atoms with Crippen LogP contribution in [-0.2, 0) is 0 Å². The number of fused-ring (bicyclic) bond motifs is 1. The second-order valence-electron chi connectivity index (χ2n) is 7.86. The average molecular weight is 450 g/mol. The van der Waals surface area contributed by atoms with E-state index in [9.17, 15) is 4.79 Å². The highest BCUT2D eigenvalue weighted by molar-refractivity contribution is 7.73. The van der Waals surface area contributed by atoms with Crippen molar-refractivity contribution in [3.05, 3.63) is 121 Å². The molecule has 4 aromatic rings. The molecule has 0 radical (unpaired) electrons. The minimum Gasteiger partial charge on any atom is -0.294 e. The molecule has 0 atom stereocenters. The van der Waals surface area contributed by atoms with Gasteiger partial charge in [0.2, 0.25) is 0 Å². The van der Waals surface area contributed by atoms with E-state index in [1.165, 1.54) is 10.6 Å². The molecule has 0 N–H and O–H groups in total. The van der Waals surface area contributed by atoms with Crippen LogP contribution in [0.1, 0.15) is 23.7 Å². The van der Waals surface area contributed by atoms with Gasteiger partial charge in [0.15, 0.2) is 5.78 Å². The number of benzene rings is 4. The Kier molecular flexibility index (Phi) is 7.95. The zero-order chi connectivity index (χ0) is 22.9. The van der Waals surface area contributed by atoms with Gasteiger partial charge >= 0.3 is 0 Å². The van der Waals surface area contributed by atoms with E-state index < -0.39 is 7.92 Å². The van der Waals surface area contributed by atoms with E-state index in [1.807, 2.05) is 55.5 Å². The Morgan fingerprint density at radius 3 is 2.03 bits per heavy atom. The maximum absolute atomic E-state index is 13.0. The lowest BCUT2D eigenvalue weighted by Crippen LogP contribution is -2.15. The minimum absolute atomic E-state index is 0.103. The van der Waals surface area contributed by atoms with Crippen molar-refractivity contribution in [2.24, 2.45) is 4.99 Å². The number of Topliss-reactive ketones (excluding diaryl/α,β-unsaturated/α-hetero) is 1. The number of allylic oxidation sites excluding steroid dienone is 2. The van der Waals surface area contributed by atoms with E-state index in [1.54, 1.807) is 0 Å². The Balaban J connectivity index is 1.49. The van der Waals surface area contributed by atoms with Crippen LogP contribution < -0.4 is 10.6 Å². The molecule has 4 rings (SSSR count). The molecule has 0 aliphatic rings. The summed E-state index contributed by atoms with van der Waals surface area (Å²) in [6, 6.07) is 35.4. The monoisotopic (exact) mass is 449 g/mol. The summed E-state index contributed by atoms with van der Waals surface area (Å²) < 4.78 is 0. The molecule has 0 aromatic heterocycles. The molecule has 2 nitrogen and oxygen atoms in total. The van der Waals surface area contributed by atoms with Crippen molar-refractivity contribution >= 4 is 40.8 Å². The number of hydrogen-bond donors (Lipinski definition) is 0. The predicted molar refractivity (Wildman–Crippen MR) is 144 cm³/mol. The van der Waals surface area contributed by atoms with Crippen LogP contribution in [0.3, 0.4) is 0 Å². The van der Waals surface area contributed by atoms with Crippen LogP contribution in [0.4, 0.5) is 0 Å². The highest BCUT2D eigenvalue weighted by atomic mass is 31.1. The molecule has 0 fully saturated rings. The molecular formula is C30H28NOP. The third-order valence-electron chi connectivity index (χ3n) is 5.55. The lowest BCUT2D eigenvalue weighted by Gasteiger charge is -2.18. The Bertz CT molecular complexity index is 1220. The van der Waals surface area contributed by atoms with Crippen molar-refractivity contribution in [1.29, 1.82) is 0 Å². The van der Waals surface area contributed by atoms with Gasteiger partial charge in [-0.3, -0.25) is 9.79 Å². The molecule has 4 aromatic carbocycles. The summed E-state index contributed by atoms with van der Waals surface area (Å²) >= 11 is 0. The molecule has 0 saturated heterocycles. The van der Waals surface area contributed by atoms with E-state index in [0.29, 0.717) is 13.0 Å². The highest BCUT2D eigenvalue weighted by Gasteiger charge is 2.14. The van der Waals surface area contributed by atoms with Gasteiger partial charge in [0.05, 0.1) is 6.42 Å². The molecule has 3 heteroatoms. The molecule has 33 heavy (non-hydrogen) atoms. The Morgan fingerprint density at radius 2 is 1.39 bits per heavy atom. The lowest BCUT2D eigenvalue weighted by atomic mass is 10.0. The lowest BCUT2D eigenvalue weighted by molar-refractivity contribution is 0.100. The maximum atomic E-state index is 13.0. The van der Waals surface area contributed by atoms with Crippen LogP contribution in [0.5, 0.6) is 0 Å². The van der Waals surface area contributed by atoms with Gasteiger partial charge in [-0.05, 0) is 54.5 Å². The number of hydrogen-bond acceptors (Lipinski definition) is 2. The third kappa shape index (κ3) is 6.12. The van der Waals surface area contributed by atoms with E-state index >= 15 is 0 Å². The number of carbonyl (C=O) groups excluding carboxylic acids is 1. The molecule has 0 saturated carbocycles. The van der Waals surface area contributed by atoms with E-state index in [0.717, 1.165) is 28.2 Å². The summed E-state index contributed by atoms with van der Waals surface area (Å²) in [4.78, 5) is 17.9. The predicted octanol–water partition coefficient (Wildman–Crippen LogP) is 6.56. The first-order chi connectivity index (χ1) is 16.2. The fraction of sp³-hybridized carbons (Fsp3) is 0.133. The van der Waals surface area contributed by atoms with Gasteiger partial charge in [0, 0.05) is 17.8 Å². The van der Waals surface area contributed by atoms with Crippen molar-refractivity contribution in [2.75, 3.05) is 12.7 Å². The maximum Gasteiger partial charge on any atom is 0.168 e. The summed E-state index contributed by atoms with van der Waals surface area (Å²) in [6.45, 7) is 2.66. The first-order valence-corrected chi connectivity index (χ1v) is 12.8. The molecule has 164 valence electrons. The molecule has 0 bridgehead atoms. The molecule has 0 unspecified atom stereocenters. The van der Waals surface area contributed by atoms with E-state index in [2.05, 4.69) is 66.7 Å². The van der Waals surface area contributed by atoms with Crippen LogP contribution in [0.2, 0.25) is 0 Å². The normalized spacial score (nSPS) is 12.0. The van der Waals surface area contributed by atoms with Crippen molar-refractivity contribution in [2.45, 2.75) is 13.3 Å². The molecule has 0 spiro atoms. The van der Waals surface area contributed by atoms with Crippen LogP contribution in [-0.4, -0.2) is 24.2 Å². The number of aliphatic imine (C=N–C) groups is 1. The van der Waals surface area contributed by atoms with Gasteiger partial charge in [-0.15, -0.1) is 0 Å². The second-order valence-corrected chi connectivity index (χ2v) is 10.2. The number of rotatable bonds is 9. The topological polar surface area (TPSA) is 29.4 Å². The van der Waals surface area contributed by atoms with Crippen LogP contribution >= 0.6 is 7.92 Å². The van der Waals surface area contributed by atoms with Gasteiger partial charge < -0.3 is 0 Å². The highest BCUT2D eigenvalue weighted by Crippen LogP contribution is 2.33. The van der Waals surface area contributed by atoms with E-state index in [4.69, 9.17) is 4.99 Å². The smallest absolute Gasteiger partial charge is 0.168 e. The number of carbonyl (C=O) groups is 1. The molecule has 0 heterocycles. The minimum atomic E-state index is -0.491. The average Bonchev–Trinajstić information content (AvgIpc) is 2.87. The van der Waals surface area contributed by atoms with E-state index in [-0.39, 0.29) is 5.78 Å². The molecular weight excluding hydrogens is 421 g/mol. The molecule has 0 aliphatic heterocycles.